The largest absolute Gasteiger partial charge is 0.391 e. The molecule has 2 aliphatic rings. The molecule has 4 atom stereocenters. The van der Waals surface area contributed by atoms with Crippen molar-refractivity contribution in [3.8, 4) is 0 Å². The van der Waals surface area contributed by atoms with Crippen LogP contribution in [0, 0.1) is 11.8 Å². The van der Waals surface area contributed by atoms with Gasteiger partial charge in [-0.25, -0.2) is 9.97 Å². The van der Waals surface area contributed by atoms with Crippen LogP contribution in [0.5, 0.6) is 0 Å². The molecule has 1 saturated carbocycles. The zero-order chi connectivity index (χ0) is 17.9. The van der Waals surface area contributed by atoms with E-state index >= 15 is 0 Å². The van der Waals surface area contributed by atoms with E-state index in [-0.39, 0.29) is 11.9 Å². The van der Waals surface area contributed by atoms with Gasteiger partial charge in [-0.1, -0.05) is 18.2 Å². The molecule has 1 aliphatic carbocycles. The Kier molecular flexibility index (Phi) is 4.81. The van der Waals surface area contributed by atoms with Crippen molar-refractivity contribution in [3.05, 3.63) is 48.3 Å². The zero-order valence-electron chi connectivity index (χ0n) is 14.4. The van der Waals surface area contributed by atoms with Gasteiger partial charge in [0.2, 0.25) is 5.95 Å². The summed E-state index contributed by atoms with van der Waals surface area (Å²) in [5, 5.41) is 19.7. The minimum Gasteiger partial charge on any atom is -0.391 e. The number of anilines is 2. The number of benzene rings is 1. The molecular weight excluding hydrogens is 330 g/mol. The highest BCUT2D eigenvalue weighted by atomic mass is 16.3. The maximum Gasteiger partial charge on any atom is 0.254 e. The van der Waals surface area contributed by atoms with Crippen LogP contribution in [0.15, 0.2) is 42.7 Å². The molecule has 7 nitrogen and oxygen atoms in total. The third-order valence-corrected chi connectivity index (χ3v) is 5.31. The highest BCUT2D eigenvalue weighted by Crippen LogP contribution is 2.33. The van der Waals surface area contributed by atoms with Gasteiger partial charge in [-0.05, 0) is 49.9 Å². The molecule has 4 rings (SSSR count). The molecule has 1 amide bonds. The van der Waals surface area contributed by atoms with Gasteiger partial charge in [0, 0.05) is 18.1 Å². The van der Waals surface area contributed by atoms with Crippen LogP contribution in [0.4, 0.5) is 11.6 Å². The van der Waals surface area contributed by atoms with E-state index in [9.17, 15) is 9.90 Å². The molecule has 2 fully saturated rings. The van der Waals surface area contributed by atoms with Gasteiger partial charge in [-0.3, -0.25) is 4.79 Å². The number of fused-ring (bicyclic) bond motifs is 1. The summed E-state index contributed by atoms with van der Waals surface area (Å²) in [6.07, 6.45) is 4.05. The van der Waals surface area contributed by atoms with Gasteiger partial charge >= 0.3 is 0 Å². The predicted octanol–water partition coefficient (Wildman–Crippen LogP) is 1.31. The fraction of sp³-hybridized carbons (Fsp3) is 0.421. The average Bonchev–Trinajstić information content (AvgIpc) is 3.10. The predicted molar refractivity (Wildman–Crippen MR) is 98.1 cm³/mol. The lowest BCUT2D eigenvalue weighted by molar-refractivity contribution is 0.0462. The molecule has 7 heteroatoms. The van der Waals surface area contributed by atoms with E-state index in [2.05, 4.69) is 25.9 Å². The molecule has 136 valence electrons. The first-order valence-electron chi connectivity index (χ1n) is 9.03. The second-order valence-corrected chi connectivity index (χ2v) is 7.08. The van der Waals surface area contributed by atoms with Crippen LogP contribution in [0.3, 0.4) is 0 Å². The van der Waals surface area contributed by atoms with Crippen LogP contribution in [-0.2, 0) is 0 Å². The Bertz CT molecular complexity index is 752. The number of amides is 1. The van der Waals surface area contributed by atoms with Crippen LogP contribution in [0.2, 0.25) is 0 Å². The second-order valence-electron chi connectivity index (χ2n) is 7.08. The van der Waals surface area contributed by atoms with Crippen molar-refractivity contribution in [1.29, 1.82) is 0 Å². The molecule has 1 aliphatic heterocycles. The molecule has 1 saturated heterocycles. The molecule has 2 aromatic rings. The number of nitrogens with one attached hydrogen (secondary N) is 3. The molecule has 0 bridgehead atoms. The molecular formula is C19H23N5O2. The Balaban J connectivity index is 1.37. The van der Waals surface area contributed by atoms with Crippen molar-refractivity contribution in [1.82, 2.24) is 20.6 Å². The minimum atomic E-state index is -0.500. The Morgan fingerprint density at radius 1 is 1.08 bits per heavy atom. The second kappa shape index (κ2) is 7.39. The van der Waals surface area contributed by atoms with E-state index in [1.807, 2.05) is 30.3 Å². The summed E-state index contributed by atoms with van der Waals surface area (Å²) in [5.41, 5.74) is 1.28. The lowest BCUT2D eigenvalue weighted by atomic mass is 9.77. The van der Waals surface area contributed by atoms with Crippen LogP contribution in [-0.4, -0.2) is 46.2 Å². The van der Waals surface area contributed by atoms with E-state index in [4.69, 9.17) is 0 Å². The van der Waals surface area contributed by atoms with Crippen molar-refractivity contribution in [2.45, 2.75) is 25.0 Å². The summed E-state index contributed by atoms with van der Waals surface area (Å²) in [7, 11) is 0. The lowest BCUT2D eigenvalue weighted by Crippen LogP contribution is -2.49. The standard InChI is InChI=1S/C19H23N5O2/c25-17-7-13-9-20-8-12(13)6-16(17)24-18(26)14-10-21-19(22-11-14)23-15-4-2-1-3-5-15/h1-5,10-13,16-17,20,25H,6-9H2,(H,24,26)(H,21,22,23)/t12-,13+,16-,17-/m0/s1. The van der Waals surface area contributed by atoms with E-state index < -0.39 is 6.10 Å². The summed E-state index contributed by atoms with van der Waals surface area (Å²) in [5.74, 6) is 1.23. The molecule has 1 aromatic carbocycles. The SMILES string of the molecule is O=C(N[C@H]1C[C@H]2CNC[C@H]2C[C@@H]1O)c1cnc(Nc2ccccc2)nc1. The molecule has 26 heavy (non-hydrogen) atoms. The Labute approximate surface area is 152 Å². The van der Waals surface area contributed by atoms with Gasteiger partial charge in [-0.15, -0.1) is 0 Å². The van der Waals surface area contributed by atoms with Gasteiger partial charge < -0.3 is 21.1 Å². The summed E-state index contributed by atoms with van der Waals surface area (Å²) in [4.78, 5) is 20.9. The number of carbonyl (C=O) groups is 1. The van der Waals surface area contributed by atoms with Gasteiger partial charge in [0.25, 0.3) is 5.91 Å². The number of aliphatic hydroxyl groups excluding tert-OH is 1. The van der Waals surface area contributed by atoms with Crippen molar-refractivity contribution >= 4 is 17.5 Å². The van der Waals surface area contributed by atoms with Crippen LogP contribution >= 0.6 is 0 Å². The van der Waals surface area contributed by atoms with Gasteiger partial charge in [0.15, 0.2) is 0 Å². The van der Waals surface area contributed by atoms with Gasteiger partial charge in [0.05, 0.1) is 17.7 Å². The van der Waals surface area contributed by atoms with Crippen molar-refractivity contribution in [2.24, 2.45) is 11.8 Å². The highest BCUT2D eigenvalue weighted by molar-refractivity contribution is 5.93. The van der Waals surface area contributed by atoms with E-state index in [1.54, 1.807) is 0 Å². The van der Waals surface area contributed by atoms with Crippen LogP contribution in [0.1, 0.15) is 23.2 Å². The summed E-state index contributed by atoms with van der Waals surface area (Å²) >= 11 is 0. The topological polar surface area (TPSA) is 99.2 Å². The number of nitrogens with zero attached hydrogens (tertiary/aromatic N) is 2. The summed E-state index contributed by atoms with van der Waals surface area (Å²) in [6, 6.07) is 9.39. The first-order valence-corrected chi connectivity index (χ1v) is 9.03. The smallest absolute Gasteiger partial charge is 0.254 e. The molecule has 1 aromatic heterocycles. The fourth-order valence-electron chi connectivity index (χ4n) is 3.86. The van der Waals surface area contributed by atoms with E-state index in [0.29, 0.717) is 23.3 Å². The Morgan fingerprint density at radius 3 is 2.50 bits per heavy atom. The van der Waals surface area contributed by atoms with Gasteiger partial charge in [0.1, 0.15) is 0 Å². The number of carbonyl (C=O) groups excluding carboxylic acids is 1. The van der Waals surface area contributed by atoms with Crippen molar-refractivity contribution < 1.29 is 9.90 Å². The monoisotopic (exact) mass is 353 g/mol. The number of hydrogen-bond donors (Lipinski definition) is 4. The molecule has 4 N–H and O–H groups in total. The number of aliphatic hydroxyl groups is 1. The molecule has 0 radical (unpaired) electrons. The quantitative estimate of drug-likeness (QED) is 0.661. The van der Waals surface area contributed by atoms with Gasteiger partial charge in [-0.2, -0.15) is 0 Å². The maximum absolute atomic E-state index is 12.5. The first-order chi connectivity index (χ1) is 12.7. The number of rotatable bonds is 4. The number of para-hydroxylation sites is 1. The van der Waals surface area contributed by atoms with Crippen molar-refractivity contribution in [2.75, 3.05) is 18.4 Å². The lowest BCUT2D eigenvalue weighted by Gasteiger charge is -2.35. The zero-order valence-corrected chi connectivity index (χ0v) is 14.4. The minimum absolute atomic E-state index is 0.217. The van der Waals surface area contributed by atoms with Crippen LogP contribution in [0.25, 0.3) is 0 Å². The Hall–Kier alpha value is -2.51. The molecule has 2 heterocycles. The Morgan fingerprint density at radius 2 is 1.77 bits per heavy atom. The first kappa shape index (κ1) is 16.9. The maximum atomic E-state index is 12.5. The van der Waals surface area contributed by atoms with E-state index in [0.717, 1.165) is 31.6 Å². The third kappa shape index (κ3) is 3.68. The molecule has 0 spiro atoms. The average molecular weight is 353 g/mol. The number of aromatic nitrogens is 2. The van der Waals surface area contributed by atoms with Crippen molar-refractivity contribution in [3.63, 3.8) is 0 Å². The summed E-state index contributed by atoms with van der Waals surface area (Å²) < 4.78 is 0. The van der Waals surface area contributed by atoms with E-state index in [1.165, 1.54) is 12.4 Å². The normalized spacial score (nSPS) is 27.6. The van der Waals surface area contributed by atoms with Crippen LogP contribution < -0.4 is 16.0 Å². The summed E-state index contributed by atoms with van der Waals surface area (Å²) in [6.45, 7) is 1.93. The third-order valence-electron chi connectivity index (χ3n) is 5.31. The molecule has 0 unspecified atom stereocenters. The highest BCUT2D eigenvalue weighted by Gasteiger charge is 2.39. The fourth-order valence-corrected chi connectivity index (χ4v) is 3.86. The number of hydrogen-bond acceptors (Lipinski definition) is 6.